The van der Waals surface area contributed by atoms with Crippen LogP contribution in [0, 0.1) is 0 Å². The molecule has 4 N–H and O–H groups in total. The molecule has 1 saturated heterocycles. The Hall–Kier alpha value is -2.08. The Labute approximate surface area is 130 Å². The van der Waals surface area contributed by atoms with Crippen LogP contribution in [0.4, 0.5) is 0 Å². The van der Waals surface area contributed by atoms with E-state index in [-0.39, 0.29) is 11.9 Å². The highest BCUT2D eigenvalue weighted by Crippen LogP contribution is 2.12. The quantitative estimate of drug-likeness (QED) is 0.725. The first-order chi connectivity index (χ1) is 10.5. The highest BCUT2D eigenvalue weighted by molar-refractivity contribution is 5.92. The molecule has 2 atom stereocenters. The fraction of sp³-hybridized carbons (Fsp3) is 0.500. The number of ether oxygens (including phenoxy) is 1. The summed E-state index contributed by atoms with van der Waals surface area (Å²) in [4.78, 5) is 22.8. The molecule has 1 aromatic carbocycles. The summed E-state index contributed by atoms with van der Waals surface area (Å²) in [5, 5.41) is 6.39. The molecule has 1 aliphatic rings. The molecule has 22 heavy (non-hydrogen) atoms. The average Bonchev–Trinajstić information content (AvgIpc) is 2.47. The summed E-state index contributed by atoms with van der Waals surface area (Å²) in [7, 11) is 0. The summed E-state index contributed by atoms with van der Waals surface area (Å²) < 4.78 is 5.50. The Balaban J connectivity index is 1.69. The van der Waals surface area contributed by atoms with Crippen LogP contribution in [0.3, 0.4) is 0 Å². The van der Waals surface area contributed by atoms with Gasteiger partial charge >= 0.3 is 0 Å². The summed E-state index contributed by atoms with van der Waals surface area (Å²) in [6.45, 7) is 3.37. The average molecular weight is 305 g/mol. The zero-order valence-electron chi connectivity index (χ0n) is 12.8. The number of hydrogen-bond donors (Lipinski definition) is 3. The number of hydrogen-bond acceptors (Lipinski definition) is 4. The third kappa shape index (κ3) is 5.04. The van der Waals surface area contributed by atoms with E-state index in [1.807, 2.05) is 0 Å². The lowest BCUT2D eigenvalue weighted by Gasteiger charge is -2.28. The molecule has 1 fully saturated rings. The van der Waals surface area contributed by atoms with Crippen molar-refractivity contribution in [3.63, 3.8) is 0 Å². The smallest absolute Gasteiger partial charge is 0.248 e. The molecule has 0 aliphatic carbocycles. The van der Waals surface area contributed by atoms with E-state index in [9.17, 15) is 9.59 Å². The maximum atomic E-state index is 11.9. The topological polar surface area (TPSA) is 93.4 Å². The van der Waals surface area contributed by atoms with Crippen LogP contribution in [0.25, 0.3) is 0 Å². The standard InChI is InChI=1S/C16H23N3O3/c1-11-10-13(6-8-18-11)19-15(20)7-9-22-14-4-2-12(3-5-14)16(17)21/h2-5,11,13,18H,6-10H2,1H3,(H2,17,21)(H,19,20). The predicted octanol–water partition coefficient (Wildman–Crippen LogP) is 0.811. The SMILES string of the molecule is CC1CC(NC(=O)CCOc2ccc(C(N)=O)cc2)CCN1. The first-order valence-electron chi connectivity index (χ1n) is 7.60. The highest BCUT2D eigenvalue weighted by Gasteiger charge is 2.19. The molecule has 6 nitrogen and oxygen atoms in total. The van der Waals surface area contributed by atoms with E-state index in [0.29, 0.717) is 30.4 Å². The molecule has 0 aromatic heterocycles. The maximum absolute atomic E-state index is 11.9. The predicted molar refractivity (Wildman–Crippen MR) is 83.7 cm³/mol. The van der Waals surface area contributed by atoms with Crippen LogP contribution in [0.1, 0.15) is 36.5 Å². The molecule has 1 aromatic rings. The van der Waals surface area contributed by atoms with Crippen molar-refractivity contribution < 1.29 is 14.3 Å². The fourth-order valence-electron chi connectivity index (χ4n) is 2.54. The van der Waals surface area contributed by atoms with Gasteiger partial charge in [0, 0.05) is 17.6 Å². The second kappa shape index (κ2) is 7.79. The van der Waals surface area contributed by atoms with E-state index >= 15 is 0 Å². The number of benzene rings is 1. The van der Waals surface area contributed by atoms with Gasteiger partial charge in [0.1, 0.15) is 5.75 Å². The van der Waals surface area contributed by atoms with Crippen molar-refractivity contribution in [3.8, 4) is 5.75 Å². The van der Waals surface area contributed by atoms with Crippen LogP contribution in [0.15, 0.2) is 24.3 Å². The second-order valence-corrected chi connectivity index (χ2v) is 5.63. The number of primary amides is 1. The molecule has 1 heterocycles. The largest absolute Gasteiger partial charge is 0.493 e. The Morgan fingerprint density at radius 3 is 2.73 bits per heavy atom. The first-order valence-corrected chi connectivity index (χ1v) is 7.60. The van der Waals surface area contributed by atoms with Crippen molar-refractivity contribution in [3.05, 3.63) is 29.8 Å². The van der Waals surface area contributed by atoms with Gasteiger partial charge in [0.15, 0.2) is 0 Å². The van der Waals surface area contributed by atoms with Gasteiger partial charge < -0.3 is 21.1 Å². The van der Waals surface area contributed by atoms with Crippen molar-refractivity contribution in [1.29, 1.82) is 0 Å². The zero-order valence-corrected chi connectivity index (χ0v) is 12.8. The van der Waals surface area contributed by atoms with Gasteiger partial charge in [-0.25, -0.2) is 0 Å². The summed E-state index contributed by atoms with van der Waals surface area (Å²) in [6.07, 6.45) is 2.24. The Morgan fingerprint density at radius 1 is 1.36 bits per heavy atom. The Kier molecular flexibility index (Phi) is 5.77. The molecule has 1 aliphatic heterocycles. The minimum atomic E-state index is -0.470. The lowest BCUT2D eigenvalue weighted by atomic mass is 10.0. The van der Waals surface area contributed by atoms with Crippen LogP contribution in [0.5, 0.6) is 5.75 Å². The summed E-state index contributed by atoms with van der Waals surface area (Å²) in [5.74, 6) is 0.156. The second-order valence-electron chi connectivity index (χ2n) is 5.63. The van der Waals surface area contributed by atoms with Gasteiger partial charge in [-0.3, -0.25) is 9.59 Å². The van der Waals surface area contributed by atoms with Gasteiger partial charge in [0.05, 0.1) is 13.0 Å². The van der Waals surface area contributed by atoms with Gasteiger partial charge in [-0.1, -0.05) is 0 Å². The van der Waals surface area contributed by atoms with Gasteiger partial charge in [0.2, 0.25) is 11.8 Å². The highest BCUT2D eigenvalue weighted by atomic mass is 16.5. The molecule has 0 bridgehead atoms. The lowest BCUT2D eigenvalue weighted by Crippen LogP contribution is -2.46. The van der Waals surface area contributed by atoms with Crippen LogP contribution >= 0.6 is 0 Å². The van der Waals surface area contributed by atoms with Crippen LogP contribution < -0.4 is 21.1 Å². The van der Waals surface area contributed by atoms with E-state index in [2.05, 4.69) is 17.6 Å². The number of nitrogens with two attached hydrogens (primary N) is 1. The van der Waals surface area contributed by atoms with Crippen molar-refractivity contribution in [2.75, 3.05) is 13.2 Å². The molecular formula is C16H23N3O3. The van der Waals surface area contributed by atoms with Gasteiger partial charge in [-0.05, 0) is 50.6 Å². The lowest BCUT2D eigenvalue weighted by molar-refractivity contribution is -0.122. The van der Waals surface area contributed by atoms with Crippen LogP contribution in [-0.4, -0.2) is 37.0 Å². The normalized spacial score (nSPS) is 21.1. The Morgan fingerprint density at radius 2 is 2.09 bits per heavy atom. The fourth-order valence-corrected chi connectivity index (χ4v) is 2.54. The summed E-state index contributed by atoms with van der Waals surface area (Å²) in [6, 6.07) is 7.25. The number of piperidine rings is 1. The van der Waals surface area contributed by atoms with Crippen molar-refractivity contribution in [2.45, 2.75) is 38.3 Å². The third-order valence-corrected chi connectivity index (χ3v) is 3.73. The van der Waals surface area contributed by atoms with Crippen LogP contribution in [-0.2, 0) is 4.79 Å². The molecule has 2 unspecified atom stereocenters. The third-order valence-electron chi connectivity index (χ3n) is 3.73. The van der Waals surface area contributed by atoms with E-state index in [4.69, 9.17) is 10.5 Å². The van der Waals surface area contributed by atoms with E-state index in [1.165, 1.54) is 0 Å². The monoisotopic (exact) mass is 305 g/mol. The molecule has 2 amide bonds. The van der Waals surface area contributed by atoms with E-state index in [0.717, 1.165) is 19.4 Å². The molecule has 120 valence electrons. The number of nitrogens with one attached hydrogen (secondary N) is 2. The van der Waals surface area contributed by atoms with Crippen molar-refractivity contribution in [1.82, 2.24) is 10.6 Å². The molecular weight excluding hydrogens is 282 g/mol. The van der Waals surface area contributed by atoms with Crippen molar-refractivity contribution in [2.24, 2.45) is 5.73 Å². The first kappa shape index (κ1) is 16.3. The van der Waals surface area contributed by atoms with E-state index < -0.39 is 5.91 Å². The van der Waals surface area contributed by atoms with Gasteiger partial charge in [0.25, 0.3) is 0 Å². The number of carbonyl (C=O) groups is 2. The minimum absolute atomic E-state index is 0.00727. The number of amides is 2. The van der Waals surface area contributed by atoms with Gasteiger partial charge in [-0.2, -0.15) is 0 Å². The van der Waals surface area contributed by atoms with Gasteiger partial charge in [-0.15, -0.1) is 0 Å². The Bertz CT molecular complexity index is 516. The molecule has 6 heteroatoms. The summed E-state index contributed by atoms with van der Waals surface area (Å²) in [5.41, 5.74) is 5.60. The molecule has 2 rings (SSSR count). The molecule has 0 spiro atoms. The maximum Gasteiger partial charge on any atom is 0.248 e. The molecule has 0 radical (unpaired) electrons. The number of rotatable bonds is 6. The zero-order chi connectivity index (χ0) is 15.9. The van der Waals surface area contributed by atoms with Crippen molar-refractivity contribution >= 4 is 11.8 Å². The summed E-state index contributed by atoms with van der Waals surface area (Å²) >= 11 is 0. The van der Waals surface area contributed by atoms with Crippen LogP contribution in [0.2, 0.25) is 0 Å². The van der Waals surface area contributed by atoms with E-state index in [1.54, 1.807) is 24.3 Å². The number of carbonyl (C=O) groups excluding carboxylic acids is 2. The molecule has 0 saturated carbocycles. The minimum Gasteiger partial charge on any atom is -0.493 e.